The molecule has 0 aromatic heterocycles. The molecule has 0 fully saturated rings. The molecule has 14 heavy (non-hydrogen) atoms. The normalized spacial score (nSPS) is 15.1. The second-order valence-electron chi connectivity index (χ2n) is 5.38. The highest BCUT2D eigenvalue weighted by atomic mass is 17.1. The van der Waals surface area contributed by atoms with Crippen LogP contribution < -0.4 is 0 Å². The molecule has 0 saturated heterocycles. The minimum atomic E-state index is -0.957. The molecule has 0 aromatic rings. The van der Waals surface area contributed by atoms with Gasteiger partial charge in [-0.2, -0.15) is 0 Å². The molecule has 0 radical (unpaired) electrons. The first-order valence-corrected chi connectivity index (χ1v) is 4.61. The third-order valence-corrected chi connectivity index (χ3v) is 1.51. The summed E-state index contributed by atoms with van der Waals surface area (Å²) in [7, 11) is 0. The fourth-order valence-electron chi connectivity index (χ4n) is 0.910. The molecule has 0 saturated carbocycles. The van der Waals surface area contributed by atoms with E-state index in [1.54, 1.807) is 41.5 Å². The number of carbonyl (C=O) groups is 1. The molecule has 1 unspecified atom stereocenters. The minimum Gasteiger partial charge on any atom is -0.458 e. The predicted molar refractivity (Wildman–Crippen MR) is 52.8 cm³/mol. The molecule has 0 rings (SSSR count). The van der Waals surface area contributed by atoms with Gasteiger partial charge in [0.2, 0.25) is 0 Å². The average molecular weight is 204 g/mol. The van der Waals surface area contributed by atoms with E-state index in [2.05, 4.69) is 4.89 Å². The number of hydrogen-bond donors (Lipinski definition) is 1. The van der Waals surface area contributed by atoms with Crippen LogP contribution in [0.3, 0.4) is 0 Å². The summed E-state index contributed by atoms with van der Waals surface area (Å²) in [6.45, 7) is 10.7. The van der Waals surface area contributed by atoms with Crippen LogP contribution in [0.5, 0.6) is 0 Å². The molecule has 0 aliphatic heterocycles. The Morgan fingerprint density at radius 2 is 1.57 bits per heavy atom. The smallest absolute Gasteiger partial charge is 0.339 e. The number of hydrogen-bond acceptors (Lipinski definition) is 4. The summed E-state index contributed by atoms with van der Waals surface area (Å²) in [4.78, 5) is 15.7. The van der Waals surface area contributed by atoms with Gasteiger partial charge in [-0.15, -0.1) is 0 Å². The molecule has 0 spiro atoms. The van der Waals surface area contributed by atoms with Gasteiger partial charge in [-0.05, 0) is 20.8 Å². The number of ether oxygens (including phenoxy) is 1. The Kier molecular flexibility index (Phi) is 4.09. The van der Waals surface area contributed by atoms with Crippen LogP contribution in [0.4, 0.5) is 0 Å². The lowest BCUT2D eigenvalue weighted by molar-refractivity contribution is -0.298. The van der Waals surface area contributed by atoms with Gasteiger partial charge in [0, 0.05) is 5.41 Å². The van der Waals surface area contributed by atoms with Gasteiger partial charge in [-0.1, -0.05) is 20.8 Å². The van der Waals surface area contributed by atoms with Gasteiger partial charge in [0.1, 0.15) is 5.60 Å². The SMILES string of the molecule is CC(C)(C)OC(=O)C(OO)C(C)(C)C. The molecule has 0 bridgehead atoms. The lowest BCUT2D eigenvalue weighted by Gasteiger charge is -2.29. The van der Waals surface area contributed by atoms with Crippen molar-refractivity contribution >= 4 is 5.97 Å². The highest BCUT2D eigenvalue weighted by Gasteiger charge is 2.36. The standard InChI is InChI=1S/C10H20O4/c1-9(2,3)7(14-12)8(11)13-10(4,5)6/h7,12H,1-6H3. The zero-order valence-electron chi connectivity index (χ0n) is 9.75. The van der Waals surface area contributed by atoms with Gasteiger partial charge in [-0.3, -0.25) is 5.26 Å². The Morgan fingerprint density at radius 3 is 1.79 bits per heavy atom. The van der Waals surface area contributed by atoms with E-state index >= 15 is 0 Å². The first-order chi connectivity index (χ1) is 6.08. The first-order valence-electron chi connectivity index (χ1n) is 4.61. The predicted octanol–water partition coefficient (Wildman–Crippen LogP) is 2.23. The quantitative estimate of drug-likeness (QED) is 0.426. The van der Waals surface area contributed by atoms with E-state index in [1.807, 2.05) is 0 Å². The van der Waals surface area contributed by atoms with Crippen LogP contribution in [0.2, 0.25) is 0 Å². The van der Waals surface area contributed by atoms with Gasteiger partial charge in [-0.25, -0.2) is 9.68 Å². The summed E-state index contributed by atoms with van der Waals surface area (Å²) in [5, 5.41) is 8.63. The molecular formula is C10H20O4. The second kappa shape index (κ2) is 4.28. The maximum absolute atomic E-state index is 11.5. The molecule has 0 heterocycles. The second-order valence-corrected chi connectivity index (χ2v) is 5.38. The van der Waals surface area contributed by atoms with E-state index in [0.717, 1.165) is 0 Å². The minimum absolute atomic E-state index is 0.489. The zero-order valence-corrected chi connectivity index (χ0v) is 9.75. The molecule has 1 N–H and O–H groups in total. The fourth-order valence-corrected chi connectivity index (χ4v) is 0.910. The molecule has 4 heteroatoms. The van der Waals surface area contributed by atoms with Crippen molar-refractivity contribution in [3.8, 4) is 0 Å². The molecule has 0 aromatic carbocycles. The van der Waals surface area contributed by atoms with Crippen molar-refractivity contribution in [3.63, 3.8) is 0 Å². The largest absolute Gasteiger partial charge is 0.458 e. The Balaban J connectivity index is 4.50. The van der Waals surface area contributed by atoms with E-state index < -0.39 is 23.1 Å². The first kappa shape index (κ1) is 13.4. The van der Waals surface area contributed by atoms with Crippen LogP contribution in [-0.2, 0) is 14.4 Å². The molecule has 4 nitrogen and oxygen atoms in total. The molecule has 0 aliphatic carbocycles. The van der Waals surface area contributed by atoms with Gasteiger partial charge in [0.25, 0.3) is 0 Å². The summed E-state index contributed by atoms with van der Waals surface area (Å²) in [6, 6.07) is 0. The number of rotatable bonds is 2. The van der Waals surface area contributed by atoms with Crippen molar-refractivity contribution in [1.29, 1.82) is 0 Å². The van der Waals surface area contributed by atoms with Gasteiger partial charge >= 0.3 is 5.97 Å². The van der Waals surface area contributed by atoms with E-state index in [0.29, 0.717) is 0 Å². The number of esters is 1. The molecule has 1 atom stereocenters. The van der Waals surface area contributed by atoms with Crippen molar-refractivity contribution in [2.24, 2.45) is 5.41 Å². The monoisotopic (exact) mass is 204 g/mol. The van der Waals surface area contributed by atoms with Crippen molar-refractivity contribution in [2.45, 2.75) is 53.2 Å². The molecule has 84 valence electrons. The van der Waals surface area contributed by atoms with Gasteiger partial charge < -0.3 is 4.74 Å². The highest BCUT2D eigenvalue weighted by molar-refractivity contribution is 5.75. The van der Waals surface area contributed by atoms with E-state index in [9.17, 15) is 4.79 Å². The van der Waals surface area contributed by atoms with Crippen LogP contribution in [0.15, 0.2) is 0 Å². The van der Waals surface area contributed by atoms with E-state index in [-0.39, 0.29) is 0 Å². The molecule has 0 aliphatic rings. The van der Waals surface area contributed by atoms with Crippen molar-refractivity contribution in [1.82, 2.24) is 0 Å². The summed E-state index contributed by atoms with van der Waals surface area (Å²) >= 11 is 0. The van der Waals surface area contributed by atoms with Crippen LogP contribution >= 0.6 is 0 Å². The Morgan fingerprint density at radius 1 is 1.14 bits per heavy atom. The van der Waals surface area contributed by atoms with E-state index in [4.69, 9.17) is 9.99 Å². The summed E-state index contributed by atoms with van der Waals surface area (Å²) in [5.74, 6) is -0.549. The Hall–Kier alpha value is -0.610. The number of carbonyl (C=O) groups excluding carboxylic acids is 1. The van der Waals surface area contributed by atoms with Crippen molar-refractivity contribution in [2.75, 3.05) is 0 Å². The molecule has 0 amide bonds. The summed E-state index contributed by atoms with van der Waals surface area (Å²) in [6.07, 6.45) is -0.957. The van der Waals surface area contributed by atoms with Crippen molar-refractivity contribution < 1.29 is 19.7 Å². The highest BCUT2D eigenvalue weighted by Crippen LogP contribution is 2.24. The lowest BCUT2D eigenvalue weighted by Crippen LogP contribution is -2.40. The topological polar surface area (TPSA) is 55.8 Å². The van der Waals surface area contributed by atoms with Crippen LogP contribution in [0.1, 0.15) is 41.5 Å². The third kappa shape index (κ3) is 4.58. The lowest BCUT2D eigenvalue weighted by atomic mass is 9.89. The zero-order chi connectivity index (χ0) is 11.6. The summed E-state index contributed by atoms with van der Waals surface area (Å²) < 4.78 is 5.09. The average Bonchev–Trinajstić information content (AvgIpc) is 1.79. The van der Waals surface area contributed by atoms with Gasteiger partial charge in [0.05, 0.1) is 0 Å². The maximum atomic E-state index is 11.5. The summed E-state index contributed by atoms with van der Waals surface area (Å²) in [5.41, 5.74) is -1.06. The van der Waals surface area contributed by atoms with Crippen LogP contribution in [0.25, 0.3) is 0 Å². The van der Waals surface area contributed by atoms with Crippen LogP contribution in [-0.4, -0.2) is 22.9 Å². The maximum Gasteiger partial charge on any atom is 0.339 e. The third-order valence-electron chi connectivity index (χ3n) is 1.51. The Bertz CT molecular complexity index is 197. The molecular weight excluding hydrogens is 184 g/mol. The van der Waals surface area contributed by atoms with Crippen LogP contribution in [0, 0.1) is 5.41 Å². The van der Waals surface area contributed by atoms with Crippen molar-refractivity contribution in [3.05, 3.63) is 0 Å². The fraction of sp³-hybridized carbons (Fsp3) is 0.900. The van der Waals surface area contributed by atoms with Gasteiger partial charge in [0.15, 0.2) is 6.10 Å². The Labute approximate surface area is 85.1 Å². The van der Waals surface area contributed by atoms with E-state index in [1.165, 1.54) is 0 Å².